The molecule has 2 aromatic rings. The van der Waals surface area contributed by atoms with E-state index in [1.54, 1.807) is 30.3 Å². The fourth-order valence-corrected chi connectivity index (χ4v) is 2.79. The van der Waals surface area contributed by atoms with Gasteiger partial charge in [0, 0.05) is 0 Å². The number of halogens is 1. The zero-order valence-corrected chi connectivity index (χ0v) is 16.4. The molecule has 0 aliphatic heterocycles. The summed E-state index contributed by atoms with van der Waals surface area (Å²) in [4.78, 5) is 12.8. The third kappa shape index (κ3) is 4.46. The molecule has 2 N–H and O–H groups in total. The van der Waals surface area contributed by atoms with E-state index in [1.165, 1.54) is 27.4 Å². The van der Waals surface area contributed by atoms with Gasteiger partial charge < -0.3 is 24.7 Å². The predicted octanol–water partition coefficient (Wildman–Crippen LogP) is 4.16. The van der Waals surface area contributed by atoms with Crippen LogP contribution in [0.2, 0.25) is 0 Å². The van der Waals surface area contributed by atoms with Gasteiger partial charge in [0.2, 0.25) is 11.5 Å². The molecule has 2 rings (SSSR count). The Morgan fingerprint density at radius 2 is 1.70 bits per heavy atom. The Bertz CT molecular complexity index is 864. The number of nitrogens with two attached hydrogens (primary N) is 1. The lowest BCUT2D eigenvalue weighted by molar-refractivity contribution is 0.103. The number of anilines is 1. The molecular weight excluding hydrogens is 370 g/mol. The molecule has 27 heavy (non-hydrogen) atoms. The number of allylic oxidation sites excluding steroid dienone is 1. The summed E-state index contributed by atoms with van der Waals surface area (Å²) >= 11 is 6.26. The second kappa shape index (κ2) is 9.19. The number of nitrogen functional groups attached to an aromatic ring is 1. The topological polar surface area (TPSA) is 80.0 Å². The molecule has 7 heteroatoms. The summed E-state index contributed by atoms with van der Waals surface area (Å²) in [5, 5.41) is 0.00378. The molecule has 0 amide bonds. The van der Waals surface area contributed by atoms with Gasteiger partial charge in [0.05, 0.1) is 44.2 Å². The van der Waals surface area contributed by atoms with Gasteiger partial charge in [0.1, 0.15) is 5.75 Å². The van der Waals surface area contributed by atoms with Crippen molar-refractivity contribution in [3.63, 3.8) is 0 Å². The van der Waals surface area contributed by atoms with Gasteiger partial charge in [-0.05, 0) is 42.8 Å². The van der Waals surface area contributed by atoms with Crippen LogP contribution >= 0.6 is 11.6 Å². The summed E-state index contributed by atoms with van der Waals surface area (Å²) in [6, 6.07) is 8.38. The van der Waals surface area contributed by atoms with E-state index in [0.717, 1.165) is 0 Å². The highest BCUT2D eigenvalue weighted by Gasteiger charge is 2.22. The maximum atomic E-state index is 12.8. The average molecular weight is 392 g/mol. The maximum absolute atomic E-state index is 12.8. The molecule has 2 aromatic carbocycles. The minimum absolute atomic E-state index is 0.00378. The quantitative estimate of drug-likeness (QED) is 0.413. The van der Waals surface area contributed by atoms with Gasteiger partial charge in [-0.2, -0.15) is 0 Å². The van der Waals surface area contributed by atoms with Crippen molar-refractivity contribution < 1.29 is 23.7 Å². The Kier molecular flexibility index (Phi) is 6.96. The number of benzene rings is 2. The highest BCUT2D eigenvalue weighted by Crippen LogP contribution is 2.41. The summed E-state index contributed by atoms with van der Waals surface area (Å²) < 4.78 is 21.3. The Balaban J connectivity index is 2.40. The molecule has 0 aromatic heterocycles. The van der Waals surface area contributed by atoms with Crippen molar-refractivity contribution in [1.29, 1.82) is 0 Å². The molecule has 6 nitrogen and oxygen atoms in total. The maximum Gasteiger partial charge on any atom is 0.208 e. The molecule has 144 valence electrons. The fraction of sp³-hybridized carbons (Fsp3) is 0.250. The third-order valence-corrected chi connectivity index (χ3v) is 4.07. The van der Waals surface area contributed by atoms with Gasteiger partial charge in [-0.3, -0.25) is 4.79 Å². The summed E-state index contributed by atoms with van der Waals surface area (Å²) in [6.07, 6.45) is 1.53. The molecule has 0 saturated carbocycles. The van der Waals surface area contributed by atoms with Crippen molar-refractivity contribution in [2.45, 2.75) is 6.92 Å². The lowest BCUT2D eigenvalue weighted by atomic mass is 10.1. The highest BCUT2D eigenvalue weighted by molar-refractivity contribution is 6.47. The average Bonchev–Trinajstić information content (AvgIpc) is 2.68. The molecule has 0 heterocycles. The SMILES string of the molecule is CCOc1ccc(C=C(Cl)C(=O)c2ccc(OC)c(OC)c2OC)cc1N. The normalized spacial score (nSPS) is 11.1. The Labute approximate surface area is 163 Å². The van der Waals surface area contributed by atoms with Crippen molar-refractivity contribution in [3.05, 3.63) is 46.5 Å². The molecule has 0 spiro atoms. The van der Waals surface area contributed by atoms with Crippen LogP contribution in [0.25, 0.3) is 6.08 Å². The van der Waals surface area contributed by atoms with Crippen molar-refractivity contribution in [3.8, 4) is 23.0 Å². The van der Waals surface area contributed by atoms with Crippen molar-refractivity contribution in [1.82, 2.24) is 0 Å². The minimum Gasteiger partial charge on any atom is -0.493 e. The number of carbonyl (C=O) groups is 1. The zero-order valence-electron chi connectivity index (χ0n) is 15.7. The number of ketones is 1. The van der Waals surface area contributed by atoms with Crippen LogP contribution in [0.15, 0.2) is 35.4 Å². The van der Waals surface area contributed by atoms with Gasteiger partial charge >= 0.3 is 0 Å². The second-order valence-corrected chi connectivity index (χ2v) is 5.84. The largest absolute Gasteiger partial charge is 0.493 e. The number of rotatable bonds is 8. The minimum atomic E-state index is -0.415. The van der Waals surface area contributed by atoms with Crippen LogP contribution in [0.1, 0.15) is 22.8 Å². The van der Waals surface area contributed by atoms with E-state index in [-0.39, 0.29) is 16.3 Å². The van der Waals surface area contributed by atoms with E-state index < -0.39 is 5.78 Å². The summed E-state index contributed by atoms with van der Waals surface area (Å²) in [5.74, 6) is 1.19. The molecule has 0 radical (unpaired) electrons. The molecule has 0 aliphatic rings. The first kappa shape index (κ1) is 20.5. The smallest absolute Gasteiger partial charge is 0.208 e. The molecule has 0 unspecified atom stereocenters. The van der Waals surface area contributed by atoms with Crippen LogP contribution in [-0.4, -0.2) is 33.7 Å². The van der Waals surface area contributed by atoms with Crippen LogP contribution < -0.4 is 24.7 Å². The van der Waals surface area contributed by atoms with Gasteiger partial charge in [-0.15, -0.1) is 0 Å². The fourth-order valence-electron chi connectivity index (χ4n) is 2.56. The molecule has 0 fully saturated rings. The van der Waals surface area contributed by atoms with Gasteiger partial charge in [-0.1, -0.05) is 17.7 Å². The number of hydrogen-bond acceptors (Lipinski definition) is 6. The van der Waals surface area contributed by atoms with Crippen molar-refractivity contribution >= 4 is 29.1 Å². The van der Waals surface area contributed by atoms with Crippen molar-refractivity contribution in [2.24, 2.45) is 0 Å². The third-order valence-electron chi connectivity index (χ3n) is 3.79. The molecule has 0 aliphatic carbocycles. The standard InChI is InChI=1S/C20H22ClNO5/c1-5-27-16-8-6-12(11-15(16)22)10-14(21)18(23)13-7-9-17(24-2)20(26-4)19(13)25-3/h6-11H,5,22H2,1-4H3. The van der Waals surface area contributed by atoms with Crippen molar-refractivity contribution in [2.75, 3.05) is 33.7 Å². The number of hydrogen-bond donors (Lipinski definition) is 1. The number of Topliss-reactive ketones (excluding diaryl/α,β-unsaturated/α-hetero) is 1. The highest BCUT2D eigenvalue weighted by atomic mass is 35.5. The summed E-state index contributed by atoms with van der Waals surface area (Å²) in [6.45, 7) is 2.39. The predicted molar refractivity (Wildman–Crippen MR) is 106 cm³/mol. The first-order chi connectivity index (χ1) is 13.0. The molecule has 0 saturated heterocycles. The number of methoxy groups -OCH3 is 3. The van der Waals surface area contributed by atoms with E-state index >= 15 is 0 Å². The monoisotopic (exact) mass is 391 g/mol. The lowest BCUT2D eigenvalue weighted by Gasteiger charge is -2.15. The van der Waals surface area contributed by atoms with Gasteiger partial charge in [0.25, 0.3) is 0 Å². The van der Waals surface area contributed by atoms with E-state index in [0.29, 0.717) is 35.1 Å². The zero-order chi connectivity index (χ0) is 20.0. The van der Waals surface area contributed by atoms with Crippen LogP contribution in [0.3, 0.4) is 0 Å². The first-order valence-electron chi connectivity index (χ1n) is 8.19. The van der Waals surface area contributed by atoms with Crippen LogP contribution in [-0.2, 0) is 0 Å². The van der Waals surface area contributed by atoms with E-state index in [9.17, 15) is 4.79 Å². The Morgan fingerprint density at radius 1 is 1.04 bits per heavy atom. The molecular formula is C20H22ClNO5. The molecule has 0 atom stereocenters. The number of ether oxygens (including phenoxy) is 4. The lowest BCUT2D eigenvalue weighted by Crippen LogP contribution is -2.05. The first-order valence-corrected chi connectivity index (χ1v) is 8.57. The van der Waals surface area contributed by atoms with Gasteiger partial charge in [-0.25, -0.2) is 0 Å². The van der Waals surface area contributed by atoms with Crippen LogP contribution in [0, 0.1) is 0 Å². The number of carbonyl (C=O) groups excluding carboxylic acids is 1. The van der Waals surface area contributed by atoms with E-state index in [2.05, 4.69) is 0 Å². The van der Waals surface area contributed by atoms with Crippen LogP contribution in [0.5, 0.6) is 23.0 Å². The summed E-state index contributed by atoms with van der Waals surface area (Å²) in [7, 11) is 4.41. The Morgan fingerprint density at radius 3 is 2.26 bits per heavy atom. The van der Waals surface area contributed by atoms with E-state index in [4.69, 9.17) is 36.3 Å². The van der Waals surface area contributed by atoms with Crippen LogP contribution in [0.4, 0.5) is 5.69 Å². The van der Waals surface area contributed by atoms with E-state index in [1.807, 2.05) is 6.92 Å². The molecule has 0 bridgehead atoms. The second-order valence-electron chi connectivity index (χ2n) is 5.43. The van der Waals surface area contributed by atoms with Gasteiger partial charge in [0.15, 0.2) is 11.5 Å². The Hall–Kier alpha value is -2.86. The summed E-state index contributed by atoms with van der Waals surface area (Å²) in [5.41, 5.74) is 7.35.